The third-order valence-corrected chi connectivity index (χ3v) is 14.0. The predicted octanol–water partition coefficient (Wildman–Crippen LogP) is 18.0. The number of para-hydroxylation sites is 2. The van der Waals surface area contributed by atoms with Gasteiger partial charge in [0.15, 0.2) is 0 Å². The molecule has 1 nitrogen and oxygen atoms in total. The van der Waals surface area contributed by atoms with E-state index in [0.717, 1.165) is 39.3 Å². The molecule has 67 heavy (non-hydrogen) atoms. The first kappa shape index (κ1) is 40.0. The van der Waals surface area contributed by atoms with Crippen LogP contribution >= 0.6 is 0 Å². The lowest BCUT2D eigenvalue weighted by Gasteiger charge is -2.30. The molecule has 0 aliphatic heterocycles. The number of anilines is 3. The van der Waals surface area contributed by atoms with Gasteiger partial charge in [-0.1, -0.05) is 237 Å². The van der Waals surface area contributed by atoms with Gasteiger partial charge in [-0.3, -0.25) is 0 Å². The van der Waals surface area contributed by atoms with Crippen molar-refractivity contribution in [2.24, 2.45) is 0 Å². The van der Waals surface area contributed by atoms with E-state index in [1.807, 2.05) is 0 Å². The summed E-state index contributed by atoms with van der Waals surface area (Å²) in [5.74, 6) is 0. The Bertz CT molecular complexity index is 3550. The van der Waals surface area contributed by atoms with E-state index in [2.05, 4.69) is 279 Å². The van der Waals surface area contributed by atoms with Gasteiger partial charge in [-0.2, -0.15) is 0 Å². The molecule has 0 fully saturated rings. The third kappa shape index (κ3) is 7.04. The summed E-state index contributed by atoms with van der Waals surface area (Å²) < 4.78 is 0. The Morgan fingerprint density at radius 2 is 0.716 bits per heavy atom. The van der Waals surface area contributed by atoms with E-state index in [1.165, 1.54) is 72.0 Å². The van der Waals surface area contributed by atoms with Crippen molar-refractivity contribution < 1.29 is 0 Å². The van der Waals surface area contributed by atoms with Crippen molar-refractivity contribution >= 4 is 27.8 Å². The summed E-state index contributed by atoms with van der Waals surface area (Å²) in [5, 5.41) is 2.50. The van der Waals surface area contributed by atoms with E-state index in [9.17, 15) is 0 Å². The van der Waals surface area contributed by atoms with Gasteiger partial charge in [0.1, 0.15) is 0 Å². The van der Waals surface area contributed by atoms with Gasteiger partial charge in [0.25, 0.3) is 0 Å². The van der Waals surface area contributed by atoms with Crippen LogP contribution in [0.4, 0.5) is 17.1 Å². The van der Waals surface area contributed by atoms with Crippen LogP contribution in [0.1, 0.15) is 23.6 Å². The maximum absolute atomic E-state index is 2.45. The molecule has 1 aliphatic carbocycles. The molecule has 1 aliphatic rings. The molecule has 316 valence electrons. The molecule has 0 amide bonds. The van der Waals surface area contributed by atoms with Crippen LogP contribution in [0, 0.1) is 0 Å². The molecule has 0 bridgehead atoms. The lowest BCUT2D eigenvalue weighted by Crippen LogP contribution is -2.22. The third-order valence-electron chi connectivity index (χ3n) is 14.0. The molecule has 1 heteroatoms. The van der Waals surface area contributed by atoms with Crippen molar-refractivity contribution in [2.75, 3.05) is 4.90 Å². The minimum Gasteiger partial charge on any atom is -0.309 e. The number of rotatable bonds is 9. The number of nitrogens with zero attached hydrogens (tertiary/aromatic N) is 1. The first-order valence-corrected chi connectivity index (χ1v) is 23.2. The van der Waals surface area contributed by atoms with Crippen LogP contribution in [-0.4, -0.2) is 0 Å². The van der Waals surface area contributed by atoms with Crippen molar-refractivity contribution in [1.29, 1.82) is 0 Å². The van der Waals surface area contributed by atoms with Crippen LogP contribution < -0.4 is 4.90 Å². The average Bonchev–Trinajstić information content (AvgIpc) is 3.68. The van der Waals surface area contributed by atoms with Crippen molar-refractivity contribution in [3.05, 3.63) is 284 Å². The van der Waals surface area contributed by atoms with Gasteiger partial charge in [0.05, 0.1) is 11.4 Å². The second-order valence-corrected chi connectivity index (χ2v) is 17.8. The average molecular weight is 854 g/mol. The van der Waals surface area contributed by atoms with Gasteiger partial charge in [-0.05, 0) is 120 Å². The van der Waals surface area contributed by atoms with E-state index in [0.29, 0.717) is 0 Å². The van der Waals surface area contributed by atoms with E-state index in [4.69, 9.17) is 0 Å². The Balaban J connectivity index is 0.984. The molecule has 11 aromatic carbocycles. The molecule has 0 saturated heterocycles. The smallest absolute Gasteiger partial charge is 0.0540 e. The fourth-order valence-electron chi connectivity index (χ4n) is 10.6. The molecule has 1 unspecified atom stereocenters. The molecule has 0 heterocycles. The zero-order valence-electron chi connectivity index (χ0n) is 37.4. The number of fused-ring (bicyclic) bond motifs is 4. The highest BCUT2D eigenvalue weighted by atomic mass is 15.1. The molecule has 11 aromatic rings. The Hall–Kier alpha value is -8.52. The van der Waals surface area contributed by atoms with Crippen LogP contribution in [-0.2, 0) is 5.41 Å². The first-order chi connectivity index (χ1) is 33.1. The summed E-state index contributed by atoms with van der Waals surface area (Å²) in [4.78, 5) is 2.45. The summed E-state index contributed by atoms with van der Waals surface area (Å²) in [6.45, 7) is 2.39. The van der Waals surface area contributed by atoms with Crippen LogP contribution in [0.15, 0.2) is 267 Å². The molecule has 0 radical (unpaired) electrons. The summed E-state index contributed by atoms with van der Waals surface area (Å²) in [7, 11) is 0. The van der Waals surface area contributed by atoms with Crippen molar-refractivity contribution in [3.8, 4) is 66.8 Å². The highest BCUT2D eigenvalue weighted by Gasteiger charge is 2.41. The van der Waals surface area contributed by atoms with Gasteiger partial charge in [0.2, 0.25) is 0 Å². The zero-order valence-corrected chi connectivity index (χ0v) is 37.4. The minimum absolute atomic E-state index is 0.264. The molecule has 0 saturated carbocycles. The van der Waals surface area contributed by atoms with Crippen LogP contribution in [0.3, 0.4) is 0 Å². The second-order valence-electron chi connectivity index (χ2n) is 17.8. The minimum atomic E-state index is -0.264. The van der Waals surface area contributed by atoms with E-state index in [1.54, 1.807) is 0 Å². The van der Waals surface area contributed by atoms with E-state index >= 15 is 0 Å². The van der Waals surface area contributed by atoms with Crippen molar-refractivity contribution in [3.63, 3.8) is 0 Å². The van der Waals surface area contributed by atoms with Gasteiger partial charge in [-0.25, -0.2) is 0 Å². The fraction of sp³-hybridized carbons (Fsp3) is 0.0303. The zero-order chi connectivity index (χ0) is 44.7. The maximum Gasteiger partial charge on any atom is 0.0540 e. The van der Waals surface area contributed by atoms with Crippen molar-refractivity contribution in [2.45, 2.75) is 12.3 Å². The summed E-state index contributed by atoms with van der Waals surface area (Å²) in [6, 6.07) is 97.7. The predicted molar refractivity (Wildman–Crippen MR) is 283 cm³/mol. The quantitative estimate of drug-likeness (QED) is 0.140. The lowest BCUT2D eigenvalue weighted by atomic mass is 9.74. The van der Waals surface area contributed by atoms with Gasteiger partial charge < -0.3 is 4.90 Å². The topological polar surface area (TPSA) is 3.24 Å². The van der Waals surface area contributed by atoms with Crippen LogP contribution in [0.5, 0.6) is 0 Å². The van der Waals surface area contributed by atoms with Gasteiger partial charge in [0, 0.05) is 22.2 Å². The van der Waals surface area contributed by atoms with E-state index in [-0.39, 0.29) is 5.41 Å². The van der Waals surface area contributed by atoms with Gasteiger partial charge in [-0.15, -0.1) is 0 Å². The molecule has 0 N–H and O–H groups in total. The Morgan fingerprint density at radius 1 is 0.284 bits per heavy atom. The Kier molecular flexibility index (Phi) is 10.0. The number of hydrogen-bond acceptors (Lipinski definition) is 1. The van der Waals surface area contributed by atoms with Crippen LogP contribution in [0.2, 0.25) is 0 Å². The largest absolute Gasteiger partial charge is 0.309 e. The SMILES string of the molecule is CC1(c2ccccc2)c2ccccc2-c2c(-c3ccc(N(c4ccccc4-c4ccc(-c5ccccc5)cc4)c4ccccc4-c4ccc(-c5ccc6ccccc6c5)cc4)cc3)cccc21. The Labute approximate surface area is 393 Å². The molecule has 12 rings (SSSR count). The maximum atomic E-state index is 2.45. The number of hydrogen-bond donors (Lipinski definition) is 0. The molecular weight excluding hydrogens is 807 g/mol. The molecular formula is C66H47N. The first-order valence-electron chi connectivity index (χ1n) is 23.2. The fourth-order valence-corrected chi connectivity index (χ4v) is 10.6. The van der Waals surface area contributed by atoms with Gasteiger partial charge >= 0.3 is 0 Å². The van der Waals surface area contributed by atoms with Crippen LogP contribution in [0.25, 0.3) is 77.5 Å². The second kappa shape index (κ2) is 16.8. The highest BCUT2D eigenvalue weighted by Crippen LogP contribution is 2.55. The summed E-state index contributed by atoms with van der Waals surface area (Å²) >= 11 is 0. The Morgan fingerprint density at radius 3 is 1.37 bits per heavy atom. The standard InChI is InChI=1S/C66H47N/c1-66(55-21-6-3-7-22-55)61-27-13-10-25-60(61)65-59(26-16-28-62(65)66)52-41-43-56(44-42-52)67(63-29-14-11-23-57(63)50-36-31-48(32-37-50)46-17-4-2-5-18-46)64-30-15-12-24-58(64)51-38-33-49(34-39-51)54-40-35-47-19-8-9-20-53(47)45-54/h2-45H,1H3. The molecule has 1 atom stereocenters. The lowest BCUT2D eigenvalue weighted by molar-refractivity contribution is 0.714. The molecule has 0 aromatic heterocycles. The monoisotopic (exact) mass is 853 g/mol. The number of benzene rings is 11. The normalized spacial score (nSPS) is 13.8. The molecule has 0 spiro atoms. The summed E-state index contributed by atoms with van der Waals surface area (Å²) in [6.07, 6.45) is 0. The van der Waals surface area contributed by atoms with Crippen molar-refractivity contribution in [1.82, 2.24) is 0 Å². The van der Waals surface area contributed by atoms with E-state index < -0.39 is 0 Å². The summed E-state index contributed by atoms with van der Waals surface area (Å²) in [5.41, 5.74) is 21.5. The highest BCUT2D eigenvalue weighted by molar-refractivity contribution is 5.97.